The number of hydrogen-bond acceptors (Lipinski definition) is 3. The predicted octanol–water partition coefficient (Wildman–Crippen LogP) is 0.975. The highest BCUT2D eigenvalue weighted by Crippen LogP contribution is 2.16. The maximum Gasteiger partial charge on any atom is 0.234 e. The van der Waals surface area contributed by atoms with Crippen molar-refractivity contribution in [2.24, 2.45) is 0 Å². The van der Waals surface area contributed by atoms with Crippen LogP contribution in [0.4, 0.5) is 0 Å². The molecule has 1 aliphatic heterocycles. The number of likely N-dealkylation sites (tertiary alicyclic amines) is 1. The molecule has 0 spiro atoms. The molecule has 0 saturated carbocycles. The van der Waals surface area contributed by atoms with Gasteiger partial charge in [0.25, 0.3) is 0 Å². The zero-order valence-electron chi connectivity index (χ0n) is 11.7. The monoisotopic (exact) mass is 241 g/mol. The number of nitrogens with zero attached hydrogens (tertiary/aromatic N) is 1. The molecule has 1 amide bonds. The van der Waals surface area contributed by atoms with Gasteiger partial charge in [0.05, 0.1) is 6.54 Å². The van der Waals surface area contributed by atoms with Gasteiger partial charge in [0.2, 0.25) is 5.91 Å². The third-order valence-electron chi connectivity index (χ3n) is 3.65. The summed E-state index contributed by atoms with van der Waals surface area (Å²) in [5.74, 6) is 0.153. The molecule has 0 aromatic rings. The summed E-state index contributed by atoms with van der Waals surface area (Å²) in [6.45, 7) is 8.80. The summed E-state index contributed by atoms with van der Waals surface area (Å²) in [5.41, 5.74) is -0.0880. The Morgan fingerprint density at radius 3 is 2.76 bits per heavy atom. The SMILES string of the molecule is CCC(C)(C)NC(=O)CN1CCCC1CNC. The van der Waals surface area contributed by atoms with Gasteiger partial charge in [-0.3, -0.25) is 9.69 Å². The number of nitrogens with one attached hydrogen (secondary N) is 2. The van der Waals surface area contributed by atoms with Gasteiger partial charge >= 0.3 is 0 Å². The molecule has 2 N–H and O–H groups in total. The second-order valence-corrected chi connectivity index (χ2v) is 5.61. The largest absolute Gasteiger partial charge is 0.350 e. The van der Waals surface area contributed by atoms with Crippen LogP contribution >= 0.6 is 0 Å². The van der Waals surface area contributed by atoms with Gasteiger partial charge in [-0.2, -0.15) is 0 Å². The van der Waals surface area contributed by atoms with Crippen molar-refractivity contribution in [2.75, 3.05) is 26.7 Å². The molecule has 4 nitrogen and oxygen atoms in total. The van der Waals surface area contributed by atoms with Gasteiger partial charge in [0.1, 0.15) is 0 Å². The molecule has 1 rings (SSSR count). The Morgan fingerprint density at radius 2 is 2.18 bits per heavy atom. The quantitative estimate of drug-likeness (QED) is 0.728. The summed E-state index contributed by atoms with van der Waals surface area (Å²) in [4.78, 5) is 14.2. The summed E-state index contributed by atoms with van der Waals surface area (Å²) < 4.78 is 0. The third kappa shape index (κ3) is 4.64. The summed E-state index contributed by atoms with van der Waals surface area (Å²) in [6.07, 6.45) is 3.36. The van der Waals surface area contributed by atoms with E-state index in [4.69, 9.17) is 0 Å². The van der Waals surface area contributed by atoms with Crippen LogP contribution in [-0.2, 0) is 4.79 Å². The Morgan fingerprint density at radius 1 is 1.47 bits per heavy atom. The average Bonchev–Trinajstić information content (AvgIpc) is 2.65. The van der Waals surface area contributed by atoms with E-state index >= 15 is 0 Å². The zero-order valence-corrected chi connectivity index (χ0v) is 11.7. The molecule has 1 unspecified atom stereocenters. The van der Waals surface area contributed by atoms with Gasteiger partial charge in [-0.1, -0.05) is 6.92 Å². The second kappa shape index (κ2) is 6.36. The van der Waals surface area contributed by atoms with Crippen molar-refractivity contribution in [1.29, 1.82) is 0 Å². The van der Waals surface area contributed by atoms with Crippen molar-refractivity contribution in [1.82, 2.24) is 15.5 Å². The molecule has 0 bridgehead atoms. The van der Waals surface area contributed by atoms with Gasteiger partial charge < -0.3 is 10.6 Å². The van der Waals surface area contributed by atoms with Crippen LogP contribution in [-0.4, -0.2) is 49.1 Å². The first-order valence-electron chi connectivity index (χ1n) is 6.68. The Balaban J connectivity index is 2.40. The lowest BCUT2D eigenvalue weighted by Crippen LogP contribution is -2.49. The molecule has 1 saturated heterocycles. The summed E-state index contributed by atoms with van der Waals surface area (Å²) in [5, 5.41) is 6.29. The first kappa shape index (κ1) is 14.5. The molecule has 1 aliphatic rings. The Bertz CT molecular complexity index is 253. The van der Waals surface area contributed by atoms with Crippen molar-refractivity contribution in [2.45, 2.75) is 51.6 Å². The number of hydrogen-bond donors (Lipinski definition) is 2. The lowest BCUT2D eigenvalue weighted by Gasteiger charge is -2.28. The van der Waals surface area contributed by atoms with Crippen molar-refractivity contribution in [3.63, 3.8) is 0 Å². The highest BCUT2D eigenvalue weighted by atomic mass is 16.2. The van der Waals surface area contributed by atoms with Gasteiger partial charge in [-0.05, 0) is 46.7 Å². The molecular weight excluding hydrogens is 214 g/mol. The minimum absolute atomic E-state index is 0.0880. The molecule has 0 aromatic heterocycles. The van der Waals surface area contributed by atoms with Crippen LogP contribution in [0.1, 0.15) is 40.0 Å². The molecule has 4 heteroatoms. The molecule has 17 heavy (non-hydrogen) atoms. The number of rotatable bonds is 6. The van der Waals surface area contributed by atoms with Crippen LogP contribution < -0.4 is 10.6 Å². The van der Waals surface area contributed by atoms with Crippen molar-refractivity contribution < 1.29 is 4.79 Å². The third-order valence-corrected chi connectivity index (χ3v) is 3.65. The lowest BCUT2D eigenvalue weighted by atomic mass is 10.0. The van der Waals surface area contributed by atoms with Gasteiger partial charge in [-0.25, -0.2) is 0 Å². The summed E-state index contributed by atoms with van der Waals surface area (Å²) >= 11 is 0. The fourth-order valence-corrected chi connectivity index (χ4v) is 2.26. The van der Waals surface area contributed by atoms with Crippen LogP contribution in [0.3, 0.4) is 0 Å². The first-order chi connectivity index (χ1) is 7.98. The Hall–Kier alpha value is -0.610. The number of carbonyl (C=O) groups excluding carboxylic acids is 1. The minimum atomic E-state index is -0.0880. The molecular formula is C13H27N3O. The molecule has 1 atom stereocenters. The standard InChI is InChI=1S/C13H27N3O/c1-5-13(2,3)15-12(17)10-16-8-6-7-11(16)9-14-4/h11,14H,5-10H2,1-4H3,(H,15,17). The minimum Gasteiger partial charge on any atom is -0.350 e. The van der Waals surface area contributed by atoms with Crippen LogP contribution in [0, 0.1) is 0 Å². The molecule has 0 radical (unpaired) electrons. The highest BCUT2D eigenvalue weighted by molar-refractivity contribution is 5.78. The molecule has 0 aliphatic carbocycles. The topological polar surface area (TPSA) is 44.4 Å². The number of likely N-dealkylation sites (N-methyl/N-ethyl adjacent to an activating group) is 1. The van der Waals surface area contributed by atoms with Gasteiger partial charge in [-0.15, -0.1) is 0 Å². The van der Waals surface area contributed by atoms with E-state index in [-0.39, 0.29) is 11.4 Å². The maximum atomic E-state index is 12.0. The van der Waals surface area contributed by atoms with Gasteiger partial charge in [0, 0.05) is 18.1 Å². The van der Waals surface area contributed by atoms with Crippen molar-refractivity contribution >= 4 is 5.91 Å². The highest BCUT2D eigenvalue weighted by Gasteiger charge is 2.27. The molecule has 1 fully saturated rings. The Kier molecular flexibility index (Phi) is 5.40. The van der Waals surface area contributed by atoms with E-state index in [1.807, 2.05) is 7.05 Å². The lowest BCUT2D eigenvalue weighted by molar-refractivity contribution is -0.124. The van der Waals surface area contributed by atoms with E-state index in [9.17, 15) is 4.79 Å². The van der Waals surface area contributed by atoms with E-state index in [0.717, 1.165) is 19.5 Å². The first-order valence-corrected chi connectivity index (χ1v) is 6.68. The molecule has 0 aromatic carbocycles. The van der Waals surface area contributed by atoms with E-state index in [2.05, 4.69) is 36.3 Å². The number of amides is 1. The normalized spacial score (nSPS) is 21.8. The van der Waals surface area contributed by atoms with Crippen LogP contribution in [0.25, 0.3) is 0 Å². The maximum absolute atomic E-state index is 12.0. The van der Waals surface area contributed by atoms with E-state index in [1.54, 1.807) is 0 Å². The Labute approximate surface area is 105 Å². The van der Waals surface area contributed by atoms with E-state index in [1.165, 1.54) is 12.8 Å². The van der Waals surface area contributed by atoms with Crippen LogP contribution in [0.2, 0.25) is 0 Å². The van der Waals surface area contributed by atoms with Gasteiger partial charge in [0.15, 0.2) is 0 Å². The molecule has 1 heterocycles. The summed E-state index contributed by atoms with van der Waals surface area (Å²) in [7, 11) is 1.97. The zero-order chi connectivity index (χ0) is 12.9. The smallest absolute Gasteiger partial charge is 0.234 e. The molecule has 100 valence electrons. The number of carbonyl (C=O) groups is 1. The fourth-order valence-electron chi connectivity index (χ4n) is 2.26. The summed E-state index contributed by atoms with van der Waals surface area (Å²) in [6, 6.07) is 0.524. The second-order valence-electron chi connectivity index (χ2n) is 5.61. The van der Waals surface area contributed by atoms with E-state index in [0.29, 0.717) is 12.6 Å². The fraction of sp³-hybridized carbons (Fsp3) is 0.923. The van der Waals surface area contributed by atoms with Crippen molar-refractivity contribution in [3.8, 4) is 0 Å². The van der Waals surface area contributed by atoms with Crippen LogP contribution in [0.15, 0.2) is 0 Å². The average molecular weight is 241 g/mol. The predicted molar refractivity (Wildman–Crippen MR) is 71.0 cm³/mol. The van der Waals surface area contributed by atoms with Crippen LogP contribution in [0.5, 0.6) is 0 Å². The van der Waals surface area contributed by atoms with Crippen molar-refractivity contribution in [3.05, 3.63) is 0 Å². The van der Waals surface area contributed by atoms with E-state index < -0.39 is 0 Å².